The lowest BCUT2D eigenvalue weighted by Gasteiger charge is -2.33. The summed E-state index contributed by atoms with van der Waals surface area (Å²) in [7, 11) is 2.03. The molecule has 132 valence electrons. The first kappa shape index (κ1) is 18.0. The summed E-state index contributed by atoms with van der Waals surface area (Å²) >= 11 is 1.87. The first-order chi connectivity index (χ1) is 12.1. The predicted molar refractivity (Wildman–Crippen MR) is 106 cm³/mol. The van der Waals surface area contributed by atoms with Crippen LogP contribution in [0.5, 0.6) is 0 Å². The number of fused-ring (bicyclic) bond motifs is 1. The Hall–Kier alpha value is -1.78. The Labute approximate surface area is 154 Å². The van der Waals surface area contributed by atoms with Gasteiger partial charge in [-0.05, 0) is 42.6 Å². The lowest BCUT2D eigenvalue weighted by atomic mass is 9.94. The van der Waals surface area contributed by atoms with E-state index in [1.54, 1.807) is 0 Å². The van der Waals surface area contributed by atoms with Crippen molar-refractivity contribution in [3.8, 4) is 0 Å². The summed E-state index contributed by atoms with van der Waals surface area (Å²) < 4.78 is 0. The molecule has 0 spiro atoms. The van der Waals surface area contributed by atoms with Crippen LogP contribution in [-0.2, 0) is 23.5 Å². The Morgan fingerprint density at radius 3 is 2.68 bits per heavy atom. The summed E-state index contributed by atoms with van der Waals surface area (Å²) in [5, 5.41) is 3.11. The molecule has 0 bridgehead atoms. The van der Waals surface area contributed by atoms with Gasteiger partial charge in [-0.25, -0.2) is 0 Å². The fourth-order valence-electron chi connectivity index (χ4n) is 3.27. The average Bonchev–Trinajstić information content (AvgIpc) is 2.62. The third kappa shape index (κ3) is 4.65. The maximum absolute atomic E-state index is 12.5. The molecule has 0 aliphatic carbocycles. The van der Waals surface area contributed by atoms with E-state index in [-0.39, 0.29) is 11.9 Å². The zero-order valence-corrected chi connectivity index (χ0v) is 15.8. The van der Waals surface area contributed by atoms with Crippen molar-refractivity contribution < 1.29 is 4.79 Å². The number of rotatable bonds is 6. The molecule has 2 aromatic carbocycles. The highest BCUT2D eigenvalue weighted by Crippen LogP contribution is 2.22. The number of hydrogen-bond acceptors (Lipinski definition) is 3. The van der Waals surface area contributed by atoms with Crippen molar-refractivity contribution in [2.75, 3.05) is 19.3 Å². The standard InChI is InChI=1S/C21H26N2OS/c1-16-7-3-4-10-19(16)15-25-12-11-22-21(24)20-13-17-8-5-6-9-18(17)14-23(20)2/h3-10,20H,11-15H2,1-2H3,(H,22,24)/t20-/m0/s1. The zero-order valence-electron chi connectivity index (χ0n) is 15.0. The number of benzene rings is 2. The third-order valence-corrected chi connectivity index (χ3v) is 5.86. The minimum absolute atomic E-state index is 0.0590. The number of nitrogens with zero attached hydrogens (tertiary/aromatic N) is 1. The molecule has 0 unspecified atom stereocenters. The number of hydrogen-bond donors (Lipinski definition) is 1. The highest BCUT2D eigenvalue weighted by atomic mass is 32.2. The van der Waals surface area contributed by atoms with Crippen molar-refractivity contribution in [2.45, 2.75) is 31.7 Å². The molecule has 4 heteroatoms. The van der Waals surface area contributed by atoms with Crippen LogP contribution in [0, 0.1) is 6.92 Å². The molecule has 3 nitrogen and oxygen atoms in total. The van der Waals surface area contributed by atoms with E-state index in [2.05, 4.69) is 65.7 Å². The van der Waals surface area contributed by atoms with Gasteiger partial charge in [-0.2, -0.15) is 11.8 Å². The molecule has 0 saturated carbocycles. The maximum atomic E-state index is 12.5. The molecule has 0 aromatic heterocycles. The first-order valence-corrected chi connectivity index (χ1v) is 9.97. The molecule has 1 amide bonds. The quantitative estimate of drug-likeness (QED) is 0.807. The van der Waals surface area contributed by atoms with Gasteiger partial charge in [-0.3, -0.25) is 9.69 Å². The van der Waals surface area contributed by atoms with Gasteiger partial charge < -0.3 is 5.32 Å². The highest BCUT2D eigenvalue weighted by Gasteiger charge is 2.28. The van der Waals surface area contributed by atoms with E-state index >= 15 is 0 Å². The van der Waals surface area contributed by atoms with Gasteiger partial charge in [-0.15, -0.1) is 0 Å². The molecular weight excluding hydrogens is 328 g/mol. The van der Waals surface area contributed by atoms with Crippen LogP contribution in [0.3, 0.4) is 0 Å². The Kier molecular flexibility index (Phi) is 6.16. The second-order valence-corrected chi connectivity index (χ2v) is 7.78. The second kappa shape index (κ2) is 8.54. The SMILES string of the molecule is Cc1ccccc1CSCCNC(=O)[C@@H]1Cc2ccccc2CN1C. The molecule has 25 heavy (non-hydrogen) atoms. The van der Waals surface area contributed by atoms with Crippen LogP contribution in [0.15, 0.2) is 48.5 Å². The van der Waals surface area contributed by atoms with Crippen molar-refractivity contribution in [3.05, 3.63) is 70.8 Å². The molecular formula is C21H26N2OS. The summed E-state index contributed by atoms with van der Waals surface area (Å²) in [5.41, 5.74) is 5.35. The third-order valence-electron chi connectivity index (χ3n) is 4.85. The Morgan fingerprint density at radius 2 is 1.88 bits per heavy atom. The molecule has 1 atom stereocenters. The van der Waals surface area contributed by atoms with Crippen LogP contribution < -0.4 is 5.32 Å². The molecule has 0 radical (unpaired) electrons. The lowest BCUT2D eigenvalue weighted by Crippen LogP contribution is -2.48. The van der Waals surface area contributed by atoms with E-state index in [1.807, 2.05) is 18.8 Å². The van der Waals surface area contributed by atoms with Crippen LogP contribution >= 0.6 is 11.8 Å². The van der Waals surface area contributed by atoms with Crippen LogP contribution in [0.1, 0.15) is 22.3 Å². The van der Waals surface area contributed by atoms with Gasteiger partial charge in [0.1, 0.15) is 0 Å². The Morgan fingerprint density at radius 1 is 1.16 bits per heavy atom. The average molecular weight is 355 g/mol. The zero-order chi connectivity index (χ0) is 17.6. The van der Waals surface area contributed by atoms with Crippen molar-refractivity contribution >= 4 is 17.7 Å². The largest absolute Gasteiger partial charge is 0.354 e. The van der Waals surface area contributed by atoms with Crippen molar-refractivity contribution in [1.29, 1.82) is 0 Å². The number of aryl methyl sites for hydroxylation is 1. The summed E-state index contributed by atoms with van der Waals surface area (Å²) in [6.45, 7) is 3.71. The van der Waals surface area contributed by atoms with Gasteiger partial charge in [0.15, 0.2) is 0 Å². The smallest absolute Gasteiger partial charge is 0.237 e. The summed E-state index contributed by atoms with van der Waals surface area (Å²) in [4.78, 5) is 14.7. The number of thioether (sulfide) groups is 1. The van der Waals surface area contributed by atoms with E-state index in [0.29, 0.717) is 0 Å². The molecule has 0 saturated heterocycles. The topological polar surface area (TPSA) is 32.3 Å². The second-order valence-electron chi connectivity index (χ2n) is 6.67. The van der Waals surface area contributed by atoms with Crippen LogP contribution in [-0.4, -0.2) is 36.2 Å². The summed E-state index contributed by atoms with van der Waals surface area (Å²) in [6.07, 6.45) is 0.800. The molecule has 1 heterocycles. The Balaban J connectivity index is 1.43. The molecule has 1 N–H and O–H groups in total. The fraction of sp³-hybridized carbons (Fsp3) is 0.381. The first-order valence-electron chi connectivity index (χ1n) is 8.82. The minimum atomic E-state index is -0.0590. The van der Waals surface area contributed by atoms with E-state index < -0.39 is 0 Å². The van der Waals surface area contributed by atoms with Gasteiger partial charge in [0, 0.05) is 24.6 Å². The highest BCUT2D eigenvalue weighted by molar-refractivity contribution is 7.98. The number of carbonyl (C=O) groups excluding carboxylic acids is 1. The molecule has 3 rings (SSSR count). The van der Waals surface area contributed by atoms with E-state index in [0.717, 1.165) is 31.0 Å². The molecule has 2 aromatic rings. The van der Waals surface area contributed by atoms with Gasteiger partial charge in [0.2, 0.25) is 5.91 Å². The van der Waals surface area contributed by atoms with Gasteiger partial charge in [0.05, 0.1) is 6.04 Å². The van der Waals surface area contributed by atoms with Crippen LogP contribution in [0.2, 0.25) is 0 Å². The molecule has 1 aliphatic heterocycles. The lowest BCUT2D eigenvalue weighted by molar-refractivity contribution is -0.126. The molecule has 1 aliphatic rings. The number of amides is 1. The fourth-order valence-corrected chi connectivity index (χ4v) is 4.20. The van der Waals surface area contributed by atoms with Crippen molar-refractivity contribution in [2.24, 2.45) is 0 Å². The normalized spacial score (nSPS) is 17.1. The van der Waals surface area contributed by atoms with E-state index in [1.165, 1.54) is 22.3 Å². The van der Waals surface area contributed by atoms with Crippen LogP contribution in [0.4, 0.5) is 0 Å². The maximum Gasteiger partial charge on any atom is 0.237 e. The monoisotopic (exact) mass is 354 g/mol. The van der Waals surface area contributed by atoms with Crippen LogP contribution in [0.25, 0.3) is 0 Å². The summed E-state index contributed by atoms with van der Waals surface area (Å²) in [5.74, 6) is 2.08. The van der Waals surface area contributed by atoms with Gasteiger partial charge in [-0.1, -0.05) is 48.5 Å². The predicted octanol–water partition coefficient (Wildman–Crippen LogP) is 3.40. The number of likely N-dealkylation sites (N-methyl/N-ethyl adjacent to an activating group) is 1. The van der Waals surface area contributed by atoms with E-state index in [4.69, 9.17) is 0 Å². The number of nitrogens with one attached hydrogen (secondary N) is 1. The van der Waals surface area contributed by atoms with E-state index in [9.17, 15) is 4.79 Å². The summed E-state index contributed by atoms with van der Waals surface area (Å²) in [6, 6.07) is 16.8. The number of carbonyl (C=O) groups is 1. The van der Waals surface area contributed by atoms with Crippen molar-refractivity contribution in [3.63, 3.8) is 0 Å². The van der Waals surface area contributed by atoms with Gasteiger partial charge in [0.25, 0.3) is 0 Å². The molecule has 0 fully saturated rings. The minimum Gasteiger partial charge on any atom is -0.354 e. The Bertz CT molecular complexity index is 731. The van der Waals surface area contributed by atoms with Gasteiger partial charge >= 0.3 is 0 Å². The van der Waals surface area contributed by atoms with Crippen molar-refractivity contribution in [1.82, 2.24) is 10.2 Å².